The van der Waals surface area contributed by atoms with Crippen LogP contribution < -0.4 is 10.9 Å². The fraction of sp³-hybridized carbons (Fsp3) is 0.593. The van der Waals surface area contributed by atoms with E-state index >= 15 is 0 Å². The molecule has 0 radical (unpaired) electrons. The number of nitrogens with one attached hydrogen (secondary N) is 1. The summed E-state index contributed by atoms with van der Waals surface area (Å²) < 4.78 is 28.5. The zero-order valence-corrected chi connectivity index (χ0v) is 21.2. The van der Waals surface area contributed by atoms with Crippen molar-refractivity contribution < 1.29 is 13.9 Å². The van der Waals surface area contributed by atoms with Gasteiger partial charge in [0.1, 0.15) is 5.65 Å². The predicted molar refractivity (Wildman–Crippen MR) is 139 cm³/mol. The first-order valence-corrected chi connectivity index (χ1v) is 13.3. The second kappa shape index (κ2) is 9.56. The Bertz CT molecular complexity index is 1350. The van der Waals surface area contributed by atoms with E-state index < -0.39 is 5.92 Å². The van der Waals surface area contributed by atoms with Crippen LogP contribution in [0.5, 0.6) is 0 Å². The number of hydrogen-bond acceptors (Lipinski definition) is 7. The maximum Gasteiger partial charge on any atom is 0.260 e. The molecule has 1 saturated heterocycles. The van der Waals surface area contributed by atoms with Crippen molar-refractivity contribution in [3.05, 3.63) is 40.3 Å². The highest BCUT2D eigenvalue weighted by atomic mass is 19.3. The molecule has 2 saturated carbocycles. The molecule has 0 unspecified atom stereocenters. The van der Waals surface area contributed by atoms with Crippen molar-refractivity contribution in [1.29, 1.82) is 0 Å². The van der Waals surface area contributed by atoms with Gasteiger partial charge in [-0.1, -0.05) is 12.1 Å². The third-order valence-electron chi connectivity index (χ3n) is 8.28. The van der Waals surface area contributed by atoms with Crippen LogP contribution in [0.3, 0.4) is 0 Å². The van der Waals surface area contributed by atoms with Crippen molar-refractivity contribution in [2.75, 3.05) is 38.5 Å². The number of hydrogen-bond donors (Lipinski definition) is 2. The quantitative estimate of drug-likeness (QED) is 0.507. The topological polar surface area (TPSA) is 86.5 Å². The highest BCUT2D eigenvalue weighted by Crippen LogP contribution is 2.39. The van der Waals surface area contributed by atoms with Gasteiger partial charge in [-0.25, -0.2) is 13.8 Å². The van der Waals surface area contributed by atoms with Crippen molar-refractivity contribution in [1.82, 2.24) is 24.3 Å². The summed E-state index contributed by atoms with van der Waals surface area (Å²) in [5.41, 5.74) is 1.53. The SMILES string of the molecule is CN1CCN(Cc2ccc3c(c2)c(=O)n([C@H]2CC[C@H](O)CC2)c2nc(NC4CC(F)(F)C4)ncc32)CC1. The number of fused-ring (bicyclic) bond motifs is 3. The predicted octanol–water partition coefficient (Wildman–Crippen LogP) is 3.38. The van der Waals surface area contributed by atoms with Gasteiger partial charge in [0.15, 0.2) is 0 Å². The van der Waals surface area contributed by atoms with Crippen LogP contribution >= 0.6 is 0 Å². The molecule has 1 aromatic carbocycles. The standard InChI is InChI=1S/C27H34F2N6O2/c1-33-8-10-34(11-9-33)16-17-2-7-21-22(12-17)25(37)35(19-3-5-20(36)6-4-19)24-23(21)15-30-26(32-24)31-18-13-27(28,29)14-18/h2,7,12,15,18-20,36H,3-6,8-11,13-14,16H2,1H3,(H,30,31,32)/t19-,20-. The summed E-state index contributed by atoms with van der Waals surface area (Å²) in [6.45, 7) is 4.85. The molecule has 198 valence electrons. The van der Waals surface area contributed by atoms with E-state index in [1.807, 2.05) is 12.1 Å². The van der Waals surface area contributed by atoms with Crippen molar-refractivity contribution in [2.45, 2.75) is 69.2 Å². The van der Waals surface area contributed by atoms with Gasteiger partial charge >= 0.3 is 0 Å². The van der Waals surface area contributed by atoms with Crippen LogP contribution in [0, 0.1) is 0 Å². The van der Waals surface area contributed by atoms with Crippen molar-refractivity contribution in [3.8, 4) is 0 Å². The highest BCUT2D eigenvalue weighted by molar-refractivity contribution is 6.04. The van der Waals surface area contributed by atoms with Crippen molar-refractivity contribution >= 4 is 27.8 Å². The number of alkyl halides is 2. The van der Waals surface area contributed by atoms with E-state index in [0.29, 0.717) is 36.7 Å². The van der Waals surface area contributed by atoms with Gasteiger partial charge in [0, 0.05) is 74.6 Å². The summed E-state index contributed by atoms with van der Waals surface area (Å²) in [4.78, 5) is 27.9. The number of aliphatic hydroxyl groups excluding tert-OH is 1. The first-order chi connectivity index (χ1) is 17.8. The Kier molecular flexibility index (Phi) is 6.37. The molecule has 37 heavy (non-hydrogen) atoms. The average molecular weight is 513 g/mol. The smallest absolute Gasteiger partial charge is 0.260 e. The third-order valence-corrected chi connectivity index (χ3v) is 8.28. The summed E-state index contributed by atoms with van der Waals surface area (Å²) in [6, 6.07) is 5.60. The van der Waals surface area contributed by atoms with Crippen LogP contribution in [0.4, 0.5) is 14.7 Å². The van der Waals surface area contributed by atoms with Gasteiger partial charge in [0.2, 0.25) is 5.95 Å². The largest absolute Gasteiger partial charge is 0.393 e. The number of aliphatic hydroxyl groups is 1. The molecular weight excluding hydrogens is 478 g/mol. The zero-order chi connectivity index (χ0) is 25.7. The first kappa shape index (κ1) is 24.6. The van der Waals surface area contributed by atoms with Gasteiger partial charge in [-0.2, -0.15) is 4.98 Å². The number of halogens is 2. The first-order valence-electron chi connectivity index (χ1n) is 13.3. The Labute approximate surface area is 214 Å². The number of benzene rings is 1. The van der Waals surface area contributed by atoms with E-state index in [1.54, 1.807) is 10.8 Å². The monoisotopic (exact) mass is 512 g/mol. The minimum absolute atomic E-state index is 0.0835. The van der Waals surface area contributed by atoms with Gasteiger partial charge < -0.3 is 15.3 Å². The number of pyridine rings is 1. The molecule has 0 atom stereocenters. The Balaban J connectivity index is 1.40. The van der Waals surface area contributed by atoms with Crippen molar-refractivity contribution in [2.24, 2.45) is 0 Å². The molecule has 1 aliphatic heterocycles. The molecule has 3 fully saturated rings. The lowest BCUT2D eigenvalue weighted by Crippen LogP contribution is -2.44. The second-order valence-electron chi connectivity index (χ2n) is 11.1. The zero-order valence-electron chi connectivity index (χ0n) is 21.2. The average Bonchev–Trinajstić information content (AvgIpc) is 2.86. The van der Waals surface area contributed by atoms with E-state index in [2.05, 4.69) is 33.2 Å². The molecule has 0 bridgehead atoms. The van der Waals surface area contributed by atoms with Crippen LogP contribution in [0.15, 0.2) is 29.2 Å². The summed E-state index contributed by atoms with van der Waals surface area (Å²) in [5.74, 6) is -2.37. The summed E-state index contributed by atoms with van der Waals surface area (Å²) in [5, 5.41) is 15.3. The second-order valence-corrected chi connectivity index (χ2v) is 11.1. The van der Waals surface area contributed by atoms with Crippen LogP contribution in [-0.2, 0) is 6.54 Å². The van der Waals surface area contributed by atoms with Crippen LogP contribution in [0.2, 0.25) is 0 Å². The maximum atomic E-state index is 14.0. The number of nitrogens with zero attached hydrogens (tertiary/aromatic N) is 5. The van der Waals surface area contributed by atoms with Gasteiger partial charge in [-0.15, -0.1) is 0 Å². The van der Waals surface area contributed by atoms with Crippen molar-refractivity contribution in [3.63, 3.8) is 0 Å². The molecule has 3 aromatic rings. The number of anilines is 1. The van der Waals surface area contributed by atoms with Gasteiger partial charge in [0.25, 0.3) is 11.5 Å². The normalized spacial score (nSPS) is 25.4. The summed E-state index contributed by atoms with van der Waals surface area (Å²) in [7, 11) is 2.13. The Morgan fingerprint density at radius 2 is 1.78 bits per heavy atom. The van der Waals surface area contributed by atoms with Crippen LogP contribution in [0.25, 0.3) is 21.8 Å². The lowest BCUT2D eigenvalue weighted by atomic mass is 9.88. The molecule has 2 aliphatic carbocycles. The molecule has 0 spiro atoms. The molecule has 3 heterocycles. The lowest BCUT2D eigenvalue weighted by molar-refractivity contribution is -0.0794. The van der Waals surface area contributed by atoms with Crippen LogP contribution in [-0.4, -0.2) is 80.7 Å². The van der Waals surface area contributed by atoms with E-state index in [-0.39, 0.29) is 42.5 Å². The number of likely N-dealkylation sites (N-methyl/N-ethyl adjacent to an activating group) is 1. The number of aromatic nitrogens is 3. The minimum atomic E-state index is -2.64. The minimum Gasteiger partial charge on any atom is -0.393 e. The van der Waals surface area contributed by atoms with Gasteiger partial charge in [-0.05, 0) is 49.7 Å². The fourth-order valence-electron chi connectivity index (χ4n) is 6.01. The number of rotatable bonds is 5. The molecule has 6 rings (SSSR count). The number of piperazine rings is 1. The van der Waals surface area contributed by atoms with E-state index in [4.69, 9.17) is 4.98 Å². The van der Waals surface area contributed by atoms with Gasteiger partial charge in [0.05, 0.1) is 6.10 Å². The Morgan fingerprint density at radius 1 is 1.05 bits per heavy atom. The molecule has 3 aliphatic rings. The molecule has 2 aromatic heterocycles. The van der Waals surface area contributed by atoms with E-state index in [1.165, 1.54) is 0 Å². The Hall–Kier alpha value is -2.69. The molecular formula is C27H34F2N6O2. The summed E-state index contributed by atoms with van der Waals surface area (Å²) >= 11 is 0. The van der Waals surface area contributed by atoms with Crippen LogP contribution in [0.1, 0.15) is 50.1 Å². The van der Waals surface area contributed by atoms with E-state index in [9.17, 15) is 18.7 Å². The highest BCUT2D eigenvalue weighted by Gasteiger charge is 2.45. The molecule has 2 N–H and O–H groups in total. The molecule has 10 heteroatoms. The molecule has 0 amide bonds. The maximum absolute atomic E-state index is 14.0. The summed E-state index contributed by atoms with van der Waals surface area (Å²) in [6.07, 6.45) is 3.51. The fourth-order valence-corrected chi connectivity index (χ4v) is 6.01. The third kappa shape index (κ3) is 4.94. The van der Waals surface area contributed by atoms with E-state index in [0.717, 1.165) is 49.1 Å². The van der Waals surface area contributed by atoms with Gasteiger partial charge in [-0.3, -0.25) is 14.3 Å². The molecule has 8 nitrogen and oxygen atoms in total. The Morgan fingerprint density at radius 3 is 2.49 bits per heavy atom. The lowest BCUT2D eigenvalue weighted by Gasteiger charge is -2.35.